The molecule has 7 rings (SSSR count). The molecule has 1 aliphatic heterocycles. The van der Waals surface area contributed by atoms with Crippen molar-refractivity contribution in [2.75, 3.05) is 11.4 Å². The molecular formula is C23H32N8. The van der Waals surface area contributed by atoms with Crippen LogP contribution in [0.15, 0.2) is 6.20 Å². The van der Waals surface area contributed by atoms with Gasteiger partial charge in [-0.05, 0) is 57.8 Å². The van der Waals surface area contributed by atoms with Gasteiger partial charge in [0, 0.05) is 49.9 Å². The highest BCUT2D eigenvalue weighted by molar-refractivity contribution is 5.87. The van der Waals surface area contributed by atoms with Crippen molar-refractivity contribution in [3.05, 3.63) is 29.0 Å². The lowest BCUT2D eigenvalue weighted by molar-refractivity contribution is 0.0263. The van der Waals surface area contributed by atoms with Gasteiger partial charge in [0.05, 0.1) is 17.3 Å². The van der Waals surface area contributed by atoms with Crippen LogP contribution in [0.2, 0.25) is 0 Å². The summed E-state index contributed by atoms with van der Waals surface area (Å²) < 4.78 is 4.18. The fourth-order valence-corrected chi connectivity index (χ4v) is 6.18. The topological polar surface area (TPSA) is 90.7 Å². The first-order chi connectivity index (χ1) is 14.8. The summed E-state index contributed by atoms with van der Waals surface area (Å²) in [6.07, 6.45) is 10.2. The zero-order valence-corrected chi connectivity index (χ0v) is 18.9. The van der Waals surface area contributed by atoms with Crippen molar-refractivity contribution < 1.29 is 0 Å². The van der Waals surface area contributed by atoms with E-state index in [1.165, 1.54) is 49.8 Å². The summed E-state index contributed by atoms with van der Waals surface area (Å²) in [5.41, 5.74) is 11.9. The maximum absolute atomic E-state index is 6.54. The highest BCUT2D eigenvalue weighted by atomic mass is 15.3. The Balaban J connectivity index is 1.30. The molecular weight excluding hydrogens is 388 g/mol. The summed E-state index contributed by atoms with van der Waals surface area (Å²) in [5, 5.41) is 10.5. The predicted octanol–water partition coefficient (Wildman–Crippen LogP) is 2.79. The van der Waals surface area contributed by atoms with E-state index in [1.54, 1.807) is 0 Å². The first-order valence-corrected chi connectivity index (χ1v) is 11.6. The fourth-order valence-electron chi connectivity index (χ4n) is 6.18. The van der Waals surface area contributed by atoms with Crippen LogP contribution >= 0.6 is 0 Å². The number of hydrogen-bond donors (Lipinski definition) is 1. The Bertz CT molecular complexity index is 1150. The van der Waals surface area contributed by atoms with Crippen LogP contribution in [0.3, 0.4) is 0 Å². The molecule has 0 aromatic carbocycles. The lowest BCUT2D eigenvalue weighted by Gasteiger charge is -2.52. The largest absolute Gasteiger partial charge is 0.351 e. The number of fused-ring (bicyclic) bond motifs is 5. The third kappa shape index (κ3) is 2.98. The molecule has 0 saturated heterocycles. The van der Waals surface area contributed by atoms with E-state index < -0.39 is 0 Å². The SMILES string of the molecule is Cc1nc(N2CCc3c(c(C)nn3CC34CCC(N)(CC3)CC4)C2)c2cnn(C)c2n1. The molecule has 0 radical (unpaired) electrons. The lowest BCUT2D eigenvalue weighted by Crippen LogP contribution is -2.53. The molecule has 4 aliphatic rings. The minimum absolute atomic E-state index is 0.120. The molecule has 3 aliphatic carbocycles. The van der Waals surface area contributed by atoms with Crippen molar-refractivity contribution in [1.82, 2.24) is 29.5 Å². The second kappa shape index (κ2) is 6.51. The molecule has 3 saturated carbocycles. The van der Waals surface area contributed by atoms with E-state index in [0.717, 1.165) is 54.4 Å². The average molecular weight is 421 g/mol. The van der Waals surface area contributed by atoms with Crippen LogP contribution < -0.4 is 10.6 Å². The van der Waals surface area contributed by atoms with Gasteiger partial charge in [-0.15, -0.1) is 0 Å². The molecule has 164 valence electrons. The molecule has 3 fully saturated rings. The van der Waals surface area contributed by atoms with Gasteiger partial charge in [0.15, 0.2) is 5.65 Å². The van der Waals surface area contributed by atoms with Crippen LogP contribution in [-0.2, 0) is 26.6 Å². The normalized spacial score (nSPS) is 27.8. The van der Waals surface area contributed by atoms with Crippen LogP contribution in [0.1, 0.15) is 61.3 Å². The van der Waals surface area contributed by atoms with Crippen LogP contribution in [0.25, 0.3) is 11.0 Å². The molecule has 0 unspecified atom stereocenters. The zero-order valence-electron chi connectivity index (χ0n) is 18.9. The third-order valence-corrected chi connectivity index (χ3v) is 8.26. The molecule has 8 nitrogen and oxygen atoms in total. The third-order valence-electron chi connectivity index (χ3n) is 8.26. The van der Waals surface area contributed by atoms with Crippen molar-refractivity contribution in [2.45, 2.75) is 77.4 Å². The molecule has 8 heteroatoms. The van der Waals surface area contributed by atoms with Crippen molar-refractivity contribution in [2.24, 2.45) is 18.2 Å². The number of rotatable bonds is 3. The number of aromatic nitrogens is 6. The second-order valence-corrected chi connectivity index (χ2v) is 10.3. The van der Waals surface area contributed by atoms with E-state index in [-0.39, 0.29) is 5.54 Å². The number of nitrogens with two attached hydrogens (primary N) is 1. The fraction of sp³-hybridized carbons (Fsp3) is 0.652. The van der Waals surface area contributed by atoms with Gasteiger partial charge in [-0.25, -0.2) is 9.97 Å². The highest BCUT2D eigenvalue weighted by Crippen LogP contribution is 2.52. The van der Waals surface area contributed by atoms with E-state index in [2.05, 4.69) is 26.6 Å². The molecule has 0 amide bonds. The first-order valence-electron chi connectivity index (χ1n) is 11.6. The van der Waals surface area contributed by atoms with Crippen LogP contribution in [0, 0.1) is 19.3 Å². The van der Waals surface area contributed by atoms with Crippen molar-refractivity contribution in [1.29, 1.82) is 0 Å². The number of nitrogens with zero attached hydrogens (tertiary/aromatic N) is 7. The summed E-state index contributed by atoms with van der Waals surface area (Å²) in [5.74, 6) is 1.78. The van der Waals surface area contributed by atoms with E-state index >= 15 is 0 Å². The molecule has 3 aromatic rings. The van der Waals surface area contributed by atoms with Gasteiger partial charge in [0.2, 0.25) is 0 Å². The van der Waals surface area contributed by atoms with Gasteiger partial charge >= 0.3 is 0 Å². The maximum atomic E-state index is 6.54. The number of anilines is 1. The Morgan fingerprint density at radius 3 is 2.55 bits per heavy atom. The molecule has 3 aromatic heterocycles. The van der Waals surface area contributed by atoms with E-state index in [0.29, 0.717) is 5.41 Å². The standard InChI is InChI=1S/C23H32N8/c1-15-18-13-30(21-17-12-25-29(3)20(17)26-16(2)27-21)11-4-19(18)31(28-15)14-22-5-8-23(24,9-6-22)10-7-22/h12H,4-11,13-14,24H2,1-3H3. The van der Waals surface area contributed by atoms with Gasteiger partial charge in [-0.2, -0.15) is 10.2 Å². The Morgan fingerprint density at radius 2 is 1.81 bits per heavy atom. The zero-order chi connectivity index (χ0) is 21.4. The van der Waals surface area contributed by atoms with E-state index in [4.69, 9.17) is 15.8 Å². The number of aryl methyl sites for hydroxylation is 3. The molecule has 0 atom stereocenters. The monoisotopic (exact) mass is 420 g/mol. The van der Waals surface area contributed by atoms with Crippen LogP contribution in [-0.4, -0.2) is 41.6 Å². The lowest BCUT2D eigenvalue weighted by atomic mass is 9.57. The van der Waals surface area contributed by atoms with Crippen molar-refractivity contribution in [3.63, 3.8) is 0 Å². The van der Waals surface area contributed by atoms with Crippen LogP contribution in [0.4, 0.5) is 5.82 Å². The van der Waals surface area contributed by atoms with Crippen LogP contribution in [0.5, 0.6) is 0 Å². The average Bonchev–Trinajstić information content (AvgIpc) is 3.28. The van der Waals surface area contributed by atoms with Crippen molar-refractivity contribution in [3.8, 4) is 0 Å². The quantitative estimate of drug-likeness (QED) is 0.701. The molecule has 31 heavy (non-hydrogen) atoms. The van der Waals surface area contributed by atoms with Gasteiger partial charge in [-0.1, -0.05) is 0 Å². The maximum Gasteiger partial charge on any atom is 0.163 e. The minimum atomic E-state index is 0.120. The Morgan fingerprint density at radius 1 is 1.06 bits per heavy atom. The highest BCUT2D eigenvalue weighted by Gasteiger charge is 2.47. The predicted molar refractivity (Wildman–Crippen MR) is 120 cm³/mol. The van der Waals surface area contributed by atoms with Gasteiger partial charge in [0.25, 0.3) is 0 Å². The first kappa shape index (κ1) is 19.2. The molecule has 4 heterocycles. The summed E-state index contributed by atoms with van der Waals surface area (Å²) >= 11 is 0. The smallest absolute Gasteiger partial charge is 0.163 e. The molecule has 2 bridgehead atoms. The van der Waals surface area contributed by atoms with E-state index in [9.17, 15) is 0 Å². The summed E-state index contributed by atoms with van der Waals surface area (Å²) in [6, 6.07) is 0. The van der Waals surface area contributed by atoms with Gasteiger partial charge in [0.1, 0.15) is 11.6 Å². The number of hydrogen-bond acceptors (Lipinski definition) is 6. The van der Waals surface area contributed by atoms with E-state index in [1.807, 2.05) is 24.9 Å². The Kier molecular flexibility index (Phi) is 4.04. The van der Waals surface area contributed by atoms with Crippen molar-refractivity contribution >= 4 is 16.9 Å². The Labute approximate surface area is 182 Å². The molecule has 0 spiro atoms. The van der Waals surface area contributed by atoms with Gasteiger partial charge < -0.3 is 10.6 Å². The Hall–Kier alpha value is -2.48. The minimum Gasteiger partial charge on any atom is -0.351 e. The summed E-state index contributed by atoms with van der Waals surface area (Å²) in [4.78, 5) is 11.8. The second-order valence-electron chi connectivity index (χ2n) is 10.3. The van der Waals surface area contributed by atoms with Gasteiger partial charge in [-0.3, -0.25) is 9.36 Å². The summed E-state index contributed by atoms with van der Waals surface area (Å²) in [7, 11) is 1.94. The summed E-state index contributed by atoms with van der Waals surface area (Å²) in [6.45, 7) is 6.96. The molecule has 2 N–H and O–H groups in total.